The van der Waals surface area contributed by atoms with Crippen LogP contribution >= 0.6 is 0 Å². The van der Waals surface area contributed by atoms with E-state index in [9.17, 15) is 4.79 Å². The number of nitrogens with one attached hydrogen (secondary N) is 1. The maximum absolute atomic E-state index is 11.3. The Balaban J connectivity index is 2.17. The second-order valence-corrected chi connectivity index (χ2v) is 4.15. The second-order valence-electron chi connectivity index (χ2n) is 4.15. The van der Waals surface area contributed by atoms with Crippen molar-refractivity contribution in [2.75, 3.05) is 13.7 Å². The van der Waals surface area contributed by atoms with E-state index in [1.807, 2.05) is 12.1 Å². The van der Waals surface area contributed by atoms with Gasteiger partial charge in [-0.1, -0.05) is 18.2 Å². The van der Waals surface area contributed by atoms with Crippen molar-refractivity contribution in [3.05, 3.63) is 42.5 Å². The Hall–Kier alpha value is -1.77. The molecule has 3 nitrogen and oxygen atoms in total. The molecule has 1 amide bonds. The Bertz CT molecular complexity index is 371. The number of aryl methyl sites for hydroxylation is 1. The lowest BCUT2D eigenvalue weighted by Gasteiger charge is -2.04. The summed E-state index contributed by atoms with van der Waals surface area (Å²) in [5, 5.41) is 2.77. The van der Waals surface area contributed by atoms with Crippen LogP contribution in [0.1, 0.15) is 24.8 Å². The summed E-state index contributed by atoms with van der Waals surface area (Å²) in [6, 6.07) is 8.06. The van der Waals surface area contributed by atoms with Crippen molar-refractivity contribution in [1.82, 2.24) is 5.32 Å². The number of benzene rings is 1. The van der Waals surface area contributed by atoms with Crippen LogP contribution in [0.25, 0.3) is 0 Å². The van der Waals surface area contributed by atoms with Gasteiger partial charge >= 0.3 is 0 Å². The third kappa shape index (κ3) is 5.53. The van der Waals surface area contributed by atoms with Gasteiger partial charge < -0.3 is 10.1 Å². The number of carbonyl (C=O) groups excluding carboxylic acids is 1. The maximum Gasteiger partial charge on any atom is 0.220 e. The summed E-state index contributed by atoms with van der Waals surface area (Å²) >= 11 is 0. The summed E-state index contributed by atoms with van der Waals surface area (Å²) in [5.41, 5.74) is 1.28. The largest absolute Gasteiger partial charge is 0.497 e. The molecule has 0 aromatic heterocycles. The Kier molecular flexibility index (Phi) is 6.62. The number of ether oxygens (including phenoxy) is 1. The Morgan fingerprint density at radius 2 is 2.06 bits per heavy atom. The number of methoxy groups -OCH3 is 1. The van der Waals surface area contributed by atoms with Gasteiger partial charge in [-0.2, -0.15) is 0 Å². The van der Waals surface area contributed by atoms with Crippen LogP contribution in [-0.4, -0.2) is 19.6 Å². The van der Waals surface area contributed by atoms with E-state index in [0.717, 1.165) is 25.0 Å². The fourth-order valence-electron chi connectivity index (χ4n) is 1.68. The van der Waals surface area contributed by atoms with Crippen LogP contribution < -0.4 is 10.1 Å². The van der Waals surface area contributed by atoms with Crippen LogP contribution in [0.15, 0.2) is 36.9 Å². The predicted molar refractivity (Wildman–Crippen MR) is 73.8 cm³/mol. The molecule has 0 aliphatic heterocycles. The first-order valence-corrected chi connectivity index (χ1v) is 6.27. The molecular formula is C15H21NO2. The molecule has 18 heavy (non-hydrogen) atoms. The lowest BCUT2D eigenvalue weighted by Crippen LogP contribution is -2.22. The minimum atomic E-state index is 0.102. The SMILES string of the molecule is C=CCNC(=O)CCCCc1ccc(OC)cc1. The summed E-state index contributed by atoms with van der Waals surface area (Å²) in [4.78, 5) is 11.3. The Morgan fingerprint density at radius 1 is 1.33 bits per heavy atom. The zero-order valence-electron chi connectivity index (χ0n) is 10.9. The van der Waals surface area contributed by atoms with Crippen LogP contribution in [0.3, 0.4) is 0 Å². The van der Waals surface area contributed by atoms with E-state index in [1.165, 1.54) is 5.56 Å². The van der Waals surface area contributed by atoms with Gasteiger partial charge in [-0.3, -0.25) is 4.79 Å². The third-order valence-electron chi connectivity index (χ3n) is 2.72. The number of rotatable bonds is 8. The average Bonchev–Trinajstić information content (AvgIpc) is 2.42. The fraction of sp³-hybridized carbons (Fsp3) is 0.400. The average molecular weight is 247 g/mol. The highest BCUT2D eigenvalue weighted by atomic mass is 16.5. The second kappa shape index (κ2) is 8.34. The van der Waals surface area contributed by atoms with Gasteiger partial charge in [0.25, 0.3) is 0 Å². The molecule has 0 spiro atoms. The van der Waals surface area contributed by atoms with E-state index in [0.29, 0.717) is 13.0 Å². The Morgan fingerprint density at radius 3 is 2.67 bits per heavy atom. The minimum Gasteiger partial charge on any atom is -0.497 e. The van der Waals surface area contributed by atoms with Crippen LogP contribution in [0, 0.1) is 0 Å². The van der Waals surface area contributed by atoms with Crippen LogP contribution in [0.5, 0.6) is 5.75 Å². The van der Waals surface area contributed by atoms with Crippen LogP contribution in [-0.2, 0) is 11.2 Å². The monoisotopic (exact) mass is 247 g/mol. The van der Waals surface area contributed by atoms with Gasteiger partial charge in [-0.15, -0.1) is 6.58 Å². The minimum absolute atomic E-state index is 0.102. The molecule has 0 heterocycles. The van der Waals surface area contributed by atoms with E-state index in [2.05, 4.69) is 24.0 Å². The van der Waals surface area contributed by atoms with Crippen molar-refractivity contribution in [2.45, 2.75) is 25.7 Å². The maximum atomic E-state index is 11.3. The standard InChI is InChI=1S/C15H21NO2/c1-3-12-16-15(17)7-5-4-6-13-8-10-14(18-2)11-9-13/h3,8-11H,1,4-7,12H2,2H3,(H,16,17). The molecule has 1 N–H and O–H groups in total. The van der Waals surface area contributed by atoms with Gasteiger partial charge in [0.15, 0.2) is 0 Å². The van der Waals surface area contributed by atoms with Crippen molar-refractivity contribution in [3.63, 3.8) is 0 Å². The molecule has 0 unspecified atom stereocenters. The molecule has 0 saturated heterocycles. The van der Waals surface area contributed by atoms with Crippen molar-refractivity contribution in [2.24, 2.45) is 0 Å². The summed E-state index contributed by atoms with van der Waals surface area (Å²) in [6.45, 7) is 4.11. The van der Waals surface area contributed by atoms with Gasteiger partial charge in [-0.05, 0) is 37.0 Å². The summed E-state index contributed by atoms with van der Waals surface area (Å²) in [6.07, 6.45) is 5.21. The van der Waals surface area contributed by atoms with Gasteiger partial charge in [-0.25, -0.2) is 0 Å². The smallest absolute Gasteiger partial charge is 0.220 e. The summed E-state index contributed by atoms with van der Waals surface area (Å²) in [7, 11) is 1.66. The van der Waals surface area contributed by atoms with E-state index in [4.69, 9.17) is 4.74 Å². The first kappa shape index (κ1) is 14.3. The van der Waals surface area contributed by atoms with E-state index < -0.39 is 0 Å². The molecule has 0 saturated carbocycles. The first-order valence-electron chi connectivity index (χ1n) is 6.27. The third-order valence-corrected chi connectivity index (χ3v) is 2.72. The molecule has 1 aromatic rings. The molecule has 0 atom stereocenters. The molecular weight excluding hydrogens is 226 g/mol. The predicted octanol–water partition coefficient (Wildman–Crippen LogP) is 2.71. The highest BCUT2D eigenvalue weighted by Gasteiger charge is 2.00. The fourth-order valence-corrected chi connectivity index (χ4v) is 1.68. The van der Waals surface area contributed by atoms with Gasteiger partial charge in [0, 0.05) is 13.0 Å². The highest BCUT2D eigenvalue weighted by Crippen LogP contribution is 2.13. The lowest BCUT2D eigenvalue weighted by atomic mass is 10.1. The normalized spacial score (nSPS) is 9.83. The number of amides is 1. The molecule has 0 fully saturated rings. The van der Waals surface area contributed by atoms with Crippen LogP contribution in [0.4, 0.5) is 0 Å². The molecule has 98 valence electrons. The van der Waals surface area contributed by atoms with Crippen molar-refractivity contribution in [3.8, 4) is 5.75 Å². The molecule has 1 aromatic carbocycles. The molecule has 3 heteroatoms. The summed E-state index contributed by atoms with van der Waals surface area (Å²) < 4.78 is 5.10. The topological polar surface area (TPSA) is 38.3 Å². The molecule has 0 aliphatic rings. The van der Waals surface area contributed by atoms with Crippen molar-refractivity contribution >= 4 is 5.91 Å². The number of unbranched alkanes of at least 4 members (excludes halogenated alkanes) is 1. The van der Waals surface area contributed by atoms with Gasteiger partial charge in [0.05, 0.1) is 7.11 Å². The first-order chi connectivity index (χ1) is 8.76. The van der Waals surface area contributed by atoms with Crippen molar-refractivity contribution in [1.29, 1.82) is 0 Å². The van der Waals surface area contributed by atoms with Gasteiger partial charge in [0.1, 0.15) is 5.75 Å². The molecule has 0 bridgehead atoms. The zero-order chi connectivity index (χ0) is 13.2. The number of hydrogen-bond acceptors (Lipinski definition) is 2. The van der Waals surface area contributed by atoms with E-state index in [1.54, 1.807) is 13.2 Å². The quantitative estimate of drug-likeness (QED) is 0.566. The highest BCUT2D eigenvalue weighted by molar-refractivity contribution is 5.75. The van der Waals surface area contributed by atoms with E-state index >= 15 is 0 Å². The van der Waals surface area contributed by atoms with Gasteiger partial charge in [0.2, 0.25) is 5.91 Å². The molecule has 0 aliphatic carbocycles. The summed E-state index contributed by atoms with van der Waals surface area (Å²) in [5.74, 6) is 0.979. The van der Waals surface area contributed by atoms with E-state index in [-0.39, 0.29) is 5.91 Å². The number of hydrogen-bond donors (Lipinski definition) is 1. The zero-order valence-corrected chi connectivity index (χ0v) is 10.9. The number of carbonyl (C=O) groups is 1. The molecule has 0 radical (unpaired) electrons. The van der Waals surface area contributed by atoms with Crippen molar-refractivity contribution < 1.29 is 9.53 Å². The molecule has 1 rings (SSSR count). The lowest BCUT2D eigenvalue weighted by molar-refractivity contribution is -0.120. The van der Waals surface area contributed by atoms with Crippen LogP contribution in [0.2, 0.25) is 0 Å². The Labute approximate surface area is 109 Å².